The topological polar surface area (TPSA) is 57.6 Å². The van der Waals surface area contributed by atoms with Crippen molar-refractivity contribution in [3.05, 3.63) is 35.4 Å². The smallest absolute Gasteiger partial charge is 0.323 e. The second-order valence-corrected chi connectivity index (χ2v) is 5.66. The summed E-state index contributed by atoms with van der Waals surface area (Å²) in [7, 11) is 0. The Morgan fingerprint density at radius 1 is 1.42 bits per heavy atom. The van der Waals surface area contributed by atoms with E-state index in [1.165, 1.54) is 10.5 Å². The van der Waals surface area contributed by atoms with Crippen LogP contribution in [0.25, 0.3) is 0 Å². The van der Waals surface area contributed by atoms with E-state index < -0.39 is 5.97 Å². The maximum atomic E-state index is 12.5. The van der Waals surface area contributed by atoms with E-state index in [0.717, 1.165) is 17.7 Å². The second kappa shape index (κ2) is 6.10. The molecule has 5 heteroatoms. The molecule has 1 amide bonds. The van der Waals surface area contributed by atoms with Crippen LogP contribution < -0.4 is 0 Å². The van der Waals surface area contributed by atoms with Gasteiger partial charge >= 0.3 is 5.97 Å². The highest BCUT2D eigenvalue weighted by Gasteiger charge is 2.30. The number of carboxylic acids is 1. The first kappa shape index (κ1) is 13.9. The van der Waals surface area contributed by atoms with E-state index in [4.69, 9.17) is 5.11 Å². The number of rotatable bonds is 4. The largest absolute Gasteiger partial charge is 0.480 e. The Balaban J connectivity index is 2.22. The van der Waals surface area contributed by atoms with Crippen molar-refractivity contribution in [1.82, 2.24) is 4.90 Å². The van der Waals surface area contributed by atoms with Gasteiger partial charge in [-0.1, -0.05) is 24.3 Å². The van der Waals surface area contributed by atoms with Gasteiger partial charge in [0, 0.05) is 6.54 Å². The molecule has 1 aliphatic rings. The van der Waals surface area contributed by atoms with Crippen LogP contribution in [0.2, 0.25) is 0 Å². The van der Waals surface area contributed by atoms with Crippen LogP contribution in [0.5, 0.6) is 0 Å². The number of amides is 1. The number of hydrogen-bond donors (Lipinski definition) is 1. The quantitative estimate of drug-likeness (QED) is 0.915. The van der Waals surface area contributed by atoms with Crippen LogP contribution in [0, 0.1) is 0 Å². The van der Waals surface area contributed by atoms with Crippen LogP contribution in [-0.4, -0.2) is 40.7 Å². The lowest BCUT2D eigenvalue weighted by Gasteiger charge is -2.29. The Morgan fingerprint density at radius 3 is 2.84 bits per heavy atom. The summed E-state index contributed by atoms with van der Waals surface area (Å²) in [6.07, 6.45) is 0.968. The van der Waals surface area contributed by atoms with Crippen LogP contribution in [0.15, 0.2) is 24.3 Å². The number of thioether (sulfide) groups is 1. The van der Waals surface area contributed by atoms with E-state index in [9.17, 15) is 9.59 Å². The first-order valence-corrected chi connectivity index (χ1v) is 7.38. The maximum Gasteiger partial charge on any atom is 0.323 e. The first-order valence-electron chi connectivity index (χ1n) is 6.33. The van der Waals surface area contributed by atoms with E-state index in [1.807, 2.05) is 24.3 Å². The van der Waals surface area contributed by atoms with Gasteiger partial charge in [-0.05, 0) is 30.2 Å². The number of benzene rings is 1. The van der Waals surface area contributed by atoms with Crippen molar-refractivity contribution in [2.75, 3.05) is 18.8 Å². The fraction of sp³-hybridized carbons (Fsp3) is 0.429. The van der Waals surface area contributed by atoms with Crippen molar-refractivity contribution in [1.29, 1.82) is 0 Å². The van der Waals surface area contributed by atoms with Crippen LogP contribution in [0.1, 0.15) is 23.3 Å². The normalized spacial score (nSPS) is 17.6. The molecular weight excluding hydrogens is 262 g/mol. The molecule has 0 bridgehead atoms. The molecule has 1 heterocycles. The number of hydrogen-bond acceptors (Lipinski definition) is 3. The zero-order valence-corrected chi connectivity index (χ0v) is 11.7. The molecule has 0 aromatic heterocycles. The molecule has 0 radical (unpaired) electrons. The molecule has 19 heavy (non-hydrogen) atoms. The van der Waals surface area contributed by atoms with Crippen molar-refractivity contribution in [2.45, 2.75) is 18.6 Å². The number of carbonyl (C=O) groups excluding carboxylic acids is 1. The van der Waals surface area contributed by atoms with E-state index >= 15 is 0 Å². The van der Waals surface area contributed by atoms with E-state index in [1.54, 1.807) is 18.7 Å². The minimum absolute atomic E-state index is 0.0953. The molecule has 1 aromatic carbocycles. The minimum atomic E-state index is -0.968. The lowest BCUT2D eigenvalue weighted by molar-refractivity contribution is -0.144. The lowest BCUT2D eigenvalue weighted by atomic mass is 10.0. The van der Waals surface area contributed by atoms with Gasteiger partial charge < -0.3 is 10.0 Å². The van der Waals surface area contributed by atoms with Crippen LogP contribution >= 0.6 is 11.8 Å². The molecule has 1 unspecified atom stereocenters. The van der Waals surface area contributed by atoms with Crippen molar-refractivity contribution in [2.24, 2.45) is 0 Å². The minimum Gasteiger partial charge on any atom is -0.480 e. The predicted octanol–water partition coefficient (Wildman–Crippen LogP) is 1.95. The highest BCUT2D eigenvalue weighted by molar-refractivity contribution is 8.00. The fourth-order valence-electron chi connectivity index (χ4n) is 2.27. The molecule has 102 valence electrons. The Kier molecular flexibility index (Phi) is 4.47. The first-order chi connectivity index (χ1) is 9.13. The van der Waals surface area contributed by atoms with Crippen LogP contribution in [0.4, 0.5) is 0 Å². The third-order valence-electron chi connectivity index (χ3n) is 3.24. The average molecular weight is 279 g/mol. The molecule has 4 nitrogen and oxygen atoms in total. The number of aliphatic carboxylic acids is 1. The van der Waals surface area contributed by atoms with E-state index in [2.05, 4.69) is 0 Å². The summed E-state index contributed by atoms with van der Waals surface area (Å²) in [4.78, 5) is 24.7. The molecule has 1 aliphatic heterocycles. The number of fused-ring (bicyclic) bond motifs is 1. The van der Waals surface area contributed by atoms with Crippen molar-refractivity contribution in [3.63, 3.8) is 0 Å². The molecule has 1 aromatic rings. The molecule has 0 spiro atoms. The Morgan fingerprint density at radius 2 is 2.16 bits per heavy atom. The zero-order chi connectivity index (χ0) is 13.8. The maximum absolute atomic E-state index is 12.5. The number of nitrogens with zero attached hydrogens (tertiary/aromatic N) is 1. The fourth-order valence-corrected chi connectivity index (χ4v) is 3.55. The third kappa shape index (κ3) is 3.10. The van der Waals surface area contributed by atoms with Gasteiger partial charge in [0.05, 0.1) is 0 Å². The molecular formula is C14H17NO3S. The molecule has 0 saturated heterocycles. The molecule has 0 saturated carbocycles. The molecule has 1 atom stereocenters. The highest BCUT2D eigenvalue weighted by atomic mass is 32.2. The van der Waals surface area contributed by atoms with Gasteiger partial charge in [0.1, 0.15) is 11.8 Å². The Bertz CT molecular complexity index is 489. The third-order valence-corrected chi connectivity index (χ3v) is 4.47. The standard InChI is InChI=1S/C14H17NO3S/c1-2-15(9-12(16)17)14(18)13-11-6-4-3-5-10(11)7-8-19-13/h3-6,13H,2,7-9H2,1H3,(H,16,17). The monoisotopic (exact) mass is 279 g/mol. The molecule has 0 fully saturated rings. The van der Waals surface area contributed by atoms with Gasteiger partial charge in [-0.2, -0.15) is 0 Å². The summed E-state index contributed by atoms with van der Waals surface area (Å²) in [6, 6.07) is 7.92. The van der Waals surface area contributed by atoms with E-state index in [-0.39, 0.29) is 17.7 Å². The van der Waals surface area contributed by atoms with Gasteiger partial charge in [-0.15, -0.1) is 11.8 Å². The van der Waals surface area contributed by atoms with Gasteiger partial charge in [-0.25, -0.2) is 0 Å². The molecule has 2 rings (SSSR count). The zero-order valence-electron chi connectivity index (χ0n) is 10.8. The van der Waals surface area contributed by atoms with E-state index in [0.29, 0.717) is 6.54 Å². The number of carbonyl (C=O) groups is 2. The molecule has 0 aliphatic carbocycles. The van der Waals surface area contributed by atoms with Gasteiger partial charge in [0.15, 0.2) is 0 Å². The van der Waals surface area contributed by atoms with Crippen molar-refractivity contribution in [3.8, 4) is 0 Å². The highest BCUT2D eigenvalue weighted by Crippen LogP contribution is 2.37. The van der Waals surface area contributed by atoms with Gasteiger partial charge in [-0.3, -0.25) is 9.59 Å². The molecule has 1 N–H and O–H groups in total. The van der Waals surface area contributed by atoms with Gasteiger partial charge in [0.25, 0.3) is 0 Å². The predicted molar refractivity (Wildman–Crippen MR) is 75.2 cm³/mol. The Labute approximate surface area is 116 Å². The summed E-state index contributed by atoms with van der Waals surface area (Å²) in [5.74, 6) is -0.163. The number of carboxylic acid groups (broad SMARTS) is 1. The Hall–Kier alpha value is -1.49. The van der Waals surface area contributed by atoms with Crippen LogP contribution in [0.3, 0.4) is 0 Å². The number of aryl methyl sites for hydroxylation is 1. The van der Waals surface area contributed by atoms with Gasteiger partial charge in [0.2, 0.25) is 5.91 Å². The number of likely N-dealkylation sites (N-methyl/N-ethyl adjacent to an activating group) is 1. The summed E-state index contributed by atoms with van der Waals surface area (Å²) < 4.78 is 0. The summed E-state index contributed by atoms with van der Waals surface area (Å²) >= 11 is 1.60. The average Bonchev–Trinajstić information content (AvgIpc) is 2.43. The SMILES string of the molecule is CCN(CC(=O)O)C(=O)C1SCCc2ccccc21. The lowest BCUT2D eigenvalue weighted by Crippen LogP contribution is -2.38. The van der Waals surface area contributed by atoms with Crippen molar-refractivity contribution >= 4 is 23.6 Å². The summed E-state index contributed by atoms with van der Waals surface area (Å²) in [6.45, 7) is 2.00. The summed E-state index contributed by atoms with van der Waals surface area (Å²) in [5.41, 5.74) is 2.23. The second-order valence-electron chi connectivity index (χ2n) is 4.45. The summed E-state index contributed by atoms with van der Waals surface area (Å²) in [5, 5.41) is 8.60. The van der Waals surface area contributed by atoms with Crippen LogP contribution in [-0.2, 0) is 16.0 Å². The van der Waals surface area contributed by atoms with Crippen molar-refractivity contribution < 1.29 is 14.7 Å².